The van der Waals surface area contributed by atoms with E-state index in [0.717, 1.165) is 38.4 Å². The smallest absolute Gasteiger partial charge is 0.208 e. The molecule has 3 nitrogen and oxygen atoms in total. The van der Waals surface area contributed by atoms with Crippen molar-refractivity contribution < 1.29 is 0 Å². The topological polar surface area (TPSA) is 38.7 Å². The van der Waals surface area contributed by atoms with E-state index in [1.807, 2.05) is 48.5 Å². The van der Waals surface area contributed by atoms with Gasteiger partial charge in [-0.3, -0.25) is 0 Å². The normalized spacial score (nSPS) is 11.2. The second kappa shape index (κ2) is 8.12. The molecule has 0 amide bonds. The molecule has 6 aromatic rings. The van der Waals surface area contributed by atoms with Crippen molar-refractivity contribution in [1.29, 1.82) is 0 Å². The highest BCUT2D eigenvalue weighted by atomic mass is 35.5. The average molecular weight is 444 g/mol. The molecule has 0 aliphatic heterocycles. The van der Waals surface area contributed by atoms with Gasteiger partial charge in [-0.05, 0) is 50.3 Å². The van der Waals surface area contributed by atoms with Gasteiger partial charge in [0.15, 0.2) is 11.6 Å². The van der Waals surface area contributed by atoms with Gasteiger partial charge in [-0.2, -0.15) is 9.97 Å². The molecule has 0 saturated heterocycles. The van der Waals surface area contributed by atoms with E-state index in [0.29, 0.717) is 11.6 Å². The fourth-order valence-electron chi connectivity index (χ4n) is 4.38. The maximum Gasteiger partial charge on any atom is 0.226 e. The summed E-state index contributed by atoms with van der Waals surface area (Å²) in [6.45, 7) is 0. The minimum atomic E-state index is 0.176. The second-order valence-corrected chi connectivity index (χ2v) is 8.19. The van der Waals surface area contributed by atoms with Crippen molar-refractivity contribution in [2.24, 2.45) is 0 Å². The molecule has 0 aliphatic rings. The summed E-state index contributed by atoms with van der Waals surface area (Å²) in [5.74, 6) is 1.12. The van der Waals surface area contributed by atoms with Gasteiger partial charge in [-0.25, -0.2) is 4.98 Å². The third-order valence-corrected chi connectivity index (χ3v) is 6.04. The zero-order valence-electron chi connectivity index (χ0n) is 17.6. The standard InChI is InChI=1S/C29H18ClN3/c30-29-32-27(25-17-9-6-13-21(25)19-10-2-1-3-11-19)31-28(33-29)26-18-20-12-4-5-14-22(20)23-15-7-8-16-24(23)26/h1-18H. The van der Waals surface area contributed by atoms with Crippen molar-refractivity contribution in [3.8, 4) is 33.9 Å². The molecule has 1 heterocycles. The van der Waals surface area contributed by atoms with Crippen LogP contribution >= 0.6 is 11.6 Å². The van der Waals surface area contributed by atoms with E-state index in [4.69, 9.17) is 16.6 Å². The van der Waals surface area contributed by atoms with E-state index in [1.165, 1.54) is 5.39 Å². The Morgan fingerprint density at radius 3 is 1.82 bits per heavy atom. The second-order valence-electron chi connectivity index (χ2n) is 7.85. The van der Waals surface area contributed by atoms with E-state index in [9.17, 15) is 0 Å². The molecule has 4 heteroatoms. The van der Waals surface area contributed by atoms with E-state index in [2.05, 4.69) is 70.6 Å². The van der Waals surface area contributed by atoms with Crippen molar-refractivity contribution in [2.45, 2.75) is 0 Å². The summed E-state index contributed by atoms with van der Waals surface area (Å²) >= 11 is 6.46. The molecule has 0 N–H and O–H groups in total. The maximum absolute atomic E-state index is 6.46. The Balaban J connectivity index is 1.60. The molecular formula is C29H18ClN3. The summed E-state index contributed by atoms with van der Waals surface area (Å²) in [7, 11) is 0. The predicted octanol–water partition coefficient (Wildman–Crippen LogP) is 7.83. The zero-order valence-corrected chi connectivity index (χ0v) is 18.4. The van der Waals surface area contributed by atoms with Crippen LogP contribution in [0.3, 0.4) is 0 Å². The van der Waals surface area contributed by atoms with Crippen LogP contribution in [0.15, 0.2) is 109 Å². The SMILES string of the molecule is Clc1nc(-c2ccccc2-c2ccccc2)nc(-c2cc3ccccc3c3ccccc23)n1. The van der Waals surface area contributed by atoms with Crippen LogP contribution in [0, 0.1) is 0 Å². The van der Waals surface area contributed by atoms with Gasteiger partial charge in [0, 0.05) is 11.1 Å². The maximum atomic E-state index is 6.46. The summed E-state index contributed by atoms with van der Waals surface area (Å²) < 4.78 is 0. The van der Waals surface area contributed by atoms with Gasteiger partial charge in [-0.1, -0.05) is 103 Å². The first-order chi connectivity index (χ1) is 16.3. The molecule has 0 aliphatic carbocycles. The fraction of sp³-hybridized carbons (Fsp3) is 0. The number of nitrogens with zero attached hydrogens (tertiary/aromatic N) is 3. The average Bonchev–Trinajstić information content (AvgIpc) is 2.88. The lowest BCUT2D eigenvalue weighted by atomic mass is 9.96. The van der Waals surface area contributed by atoms with Crippen LogP contribution in [0.5, 0.6) is 0 Å². The first kappa shape index (κ1) is 19.6. The van der Waals surface area contributed by atoms with E-state index >= 15 is 0 Å². The molecule has 0 spiro atoms. The van der Waals surface area contributed by atoms with E-state index in [-0.39, 0.29) is 5.28 Å². The molecule has 0 atom stereocenters. The van der Waals surface area contributed by atoms with Crippen LogP contribution in [0.2, 0.25) is 5.28 Å². The molecular weight excluding hydrogens is 426 g/mol. The Bertz CT molecular complexity index is 1630. The van der Waals surface area contributed by atoms with Gasteiger partial charge in [0.2, 0.25) is 5.28 Å². The highest BCUT2D eigenvalue weighted by Gasteiger charge is 2.16. The Kier molecular flexibility index (Phi) is 4.82. The van der Waals surface area contributed by atoms with E-state index in [1.54, 1.807) is 0 Å². The first-order valence-corrected chi connectivity index (χ1v) is 11.1. The van der Waals surface area contributed by atoms with Gasteiger partial charge < -0.3 is 0 Å². The highest BCUT2D eigenvalue weighted by Crippen LogP contribution is 2.35. The lowest BCUT2D eigenvalue weighted by molar-refractivity contribution is 1.07. The van der Waals surface area contributed by atoms with Crippen molar-refractivity contribution in [2.75, 3.05) is 0 Å². The molecule has 1 aromatic heterocycles. The van der Waals surface area contributed by atoms with Crippen LogP contribution in [0.1, 0.15) is 0 Å². The third kappa shape index (κ3) is 3.53. The Hall–Kier alpha value is -4.08. The number of hydrogen-bond donors (Lipinski definition) is 0. The molecule has 33 heavy (non-hydrogen) atoms. The summed E-state index contributed by atoms with van der Waals surface area (Å²) in [6.07, 6.45) is 0. The molecule has 0 saturated carbocycles. The van der Waals surface area contributed by atoms with Crippen LogP contribution in [0.4, 0.5) is 0 Å². The van der Waals surface area contributed by atoms with Crippen LogP contribution in [0.25, 0.3) is 55.4 Å². The molecule has 0 unspecified atom stereocenters. The largest absolute Gasteiger partial charge is 0.226 e. The summed E-state index contributed by atoms with van der Waals surface area (Å²) in [5, 5.41) is 4.75. The summed E-state index contributed by atoms with van der Waals surface area (Å²) in [6, 6.07) is 37.2. The van der Waals surface area contributed by atoms with Crippen molar-refractivity contribution >= 4 is 33.1 Å². The monoisotopic (exact) mass is 443 g/mol. The predicted molar refractivity (Wildman–Crippen MR) is 136 cm³/mol. The fourth-order valence-corrected chi connectivity index (χ4v) is 4.54. The highest BCUT2D eigenvalue weighted by molar-refractivity contribution is 6.28. The summed E-state index contributed by atoms with van der Waals surface area (Å²) in [5.41, 5.74) is 4.00. The Labute approximate surface area is 196 Å². The van der Waals surface area contributed by atoms with E-state index < -0.39 is 0 Å². The van der Waals surface area contributed by atoms with Crippen LogP contribution in [-0.2, 0) is 0 Å². The Morgan fingerprint density at radius 2 is 1.03 bits per heavy atom. The number of fused-ring (bicyclic) bond motifs is 3. The minimum Gasteiger partial charge on any atom is -0.208 e. The molecule has 6 rings (SSSR count). The Morgan fingerprint density at radius 1 is 0.455 bits per heavy atom. The van der Waals surface area contributed by atoms with Gasteiger partial charge in [0.1, 0.15) is 0 Å². The molecule has 0 radical (unpaired) electrons. The number of hydrogen-bond acceptors (Lipinski definition) is 3. The van der Waals surface area contributed by atoms with Gasteiger partial charge in [0.25, 0.3) is 0 Å². The first-order valence-electron chi connectivity index (χ1n) is 10.8. The van der Waals surface area contributed by atoms with Gasteiger partial charge >= 0.3 is 0 Å². The van der Waals surface area contributed by atoms with Gasteiger partial charge in [0.05, 0.1) is 0 Å². The molecule has 156 valence electrons. The van der Waals surface area contributed by atoms with Crippen molar-refractivity contribution in [3.63, 3.8) is 0 Å². The van der Waals surface area contributed by atoms with Crippen molar-refractivity contribution in [1.82, 2.24) is 15.0 Å². The number of benzene rings is 5. The lowest BCUT2D eigenvalue weighted by Crippen LogP contribution is -1.99. The molecule has 0 bridgehead atoms. The molecule has 5 aromatic carbocycles. The quantitative estimate of drug-likeness (QED) is 0.261. The van der Waals surface area contributed by atoms with Gasteiger partial charge in [-0.15, -0.1) is 0 Å². The van der Waals surface area contributed by atoms with Crippen LogP contribution < -0.4 is 0 Å². The number of rotatable bonds is 3. The lowest BCUT2D eigenvalue weighted by Gasteiger charge is -2.12. The van der Waals surface area contributed by atoms with Crippen molar-refractivity contribution in [3.05, 3.63) is 114 Å². The zero-order chi connectivity index (χ0) is 22.2. The summed E-state index contributed by atoms with van der Waals surface area (Å²) in [4.78, 5) is 13.9. The number of halogens is 1. The molecule has 0 fully saturated rings. The number of aromatic nitrogens is 3. The van der Waals surface area contributed by atoms with Crippen LogP contribution in [-0.4, -0.2) is 15.0 Å². The third-order valence-electron chi connectivity index (χ3n) is 5.87. The minimum absolute atomic E-state index is 0.176.